The zero-order valence-electron chi connectivity index (χ0n) is 15.8. The Morgan fingerprint density at radius 1 is 1.27 bits per heavy atom. The van der Waals surface area contributed by atoms with Crippen LogP contribution in [0.2, 0.25) is 0 Å². The molecule has 0 spiro atoms. The van der Waals surface area contributed by atoms with Gasteiger partial charge in [-0.1, -0.05) is 0 Å². The van der Waals surface area contributed by atoms with Gasteiger partial charge in [-0.3, -0.25) is 14.3 Å². The standard InChI is InChI=1S/C18H26N6O2/c1-12-9-13(2)20-16(12)18(26)23-7-8-24-14(11-23)10-15(21-24)17(25)19-5-6-22(3)4/h9-10,20H,5-8,11H2,1-4H3,(H,19,25). The lowest BCUT2D eigenvalue weighted by Crippen LogP contribution is -2.38. The van der Waals surface area contributed by atoms with Crippen LogP contribution in [0.5, 0.6) is 0 Å². The number of fused-ring (bicyclic) bond motifs is 1. The fraction of sp³-hybridized carbons (Fsp3) is 0.500. The summed E-state index contributed by atoms with van der Waals surface area (Å²) >= 11 is 0. The van der Waals surface area contributed by atoms with Gasteiger partial charge in [-0.05, 0) is 45.6 Å². The lowest BCUT2D eigenvalue weighted by Gasteiger charge is -2.27. The fourth-order valence-corrected chi connectivity index (χ4v) is 3.14. The van der Waals surface area contributed by atoms with Crippen molar-refractivity contribution in [2.24, 2.45) is 0 Å². The molecule has 0 radical (unpaired) electrons. The van der Waals surface area contributed by atoms with E-state index in [0.717, 1.165) is 23.5 Å². The second-order valence-corrected chi connectivity index (χ2v) is 7.04. The predicted molar refractivity (Wildman–Crippen MR) is 98.1 cm³/mol. The van der Waals surface area contributed by atoms with Crippen molar-refractivity contribution in [3.63, 3.8) is 0 Å². The highest BCUT2D eigenvalue weighted by atomic mass is 16.2. The number of rotatable bonds is 5. The van der Waals surface area contributed by atoms with Crippen LogP contribution in [0.4, 0.5) is 0 Å². The highest BCUT2D eigenvalue weighted by molar-refractivity contribution is 5.94. The quantitative estimate of drug-likeness (QED) is 0.827. The number of aromatic nitrogens is 3. The molecule has 2 aromatic rings. The van der Waals surface area contributed by atoms with Gasteiger partial charge in [0.1, 0.15) is 5.69 Å². The summed E-state index contributed by atoms with van der Waals surface area (Å²) in [5, 5.41) is 7.25. The summed E-state index contributed by atoms with van der Waals surface area (Å²) in [5.41, 5.74) is 3.84. The number of amides is 2. The van der Waals surface area contributed by atoms with Crippen molar-refractivity contribution in [2.45, 2.75) is 26.9 Å². The van der Waals surface area contributed by atoms with Crippen LogP contribution in [-0.2, 0) is 13.1 Å². The SMILES string of the molecule is Cc1cc(C)c(C(=O)N2CCn3nc(C(=O)NCCN(C)C)cc3C2)[nH]1. The van der Waals surface area contributed by atoms with Crippen molar-refractivity contribution in [3.8, 4) is 0 Å². The van der Waals surface area contributed by atoms with Crippen LogP contribution in [-0.4, -0.2) is 70.1 Å². The number of hydrogen-bond acceptors (Lipinski definition) is 4. The first-order valence-electron chi connectivity index (χ1n) is 8.80. The summed E-state index contributed by atoms with van der Waals surface area (Å²) in [6.45, 7) is 6.84. The Labute approximate surface area is 153 Å². The second kappa shape index (κ2) is 7.33. The average molecular weight is 358 g/mol. The summed E-state index contributed by atoms with van der Waals surface area (Å²) < 4.78 is 1.82. The molecule has 0 saturated heterocycles. The lowest BCUT2D eigenvalue weighted by molar-refractivity contribution is 0.0699. The number of aryl methyl sites for hydroxylation is 2. The van der Waals surface area contributed by atoms with Crippen molar-refractivity contribution in [2.75, 3.05) is 33.7 Å². The monoisotopic (exact) mass is 358 g/mol. The van der Waals surface area contributed by atoms with Crippen LogP contribution >= 0.6 is 0 Å². The molecule has 0 atom stereocenters. The maximum atomic E-state index is 12.8. The second-order valence-electron chi connectivity index (χ2n) is 7.04. The normalized spacial score (nSPS) is 13.8. The van der Waals surface area contributed by atoms with Crippen molar-refractivity contribution in [1.82, 2.24) is 29.9 Å². The van der Waals surface area contributed by atoms with Crippen LogP contribution in [0, 0.1) is 13.8 Å². The molecule has 26 heavy (non-hydrogen) atoms. The average Bonchev–Trinajstić information content (AvgIpc) is 3.15. The molecule has 0 saturated carbocycles. The molecule has 0 bridgehead atoms. The van der Waals surface area contributed by atoms with Crippen LogP contribution in [0.1, 0.15) is 37.9 Å². The lowest BCUT2D eigenvalue weighted by atomic mass is 10.2. The Kier molecular flexibility index (Phi) is 5.13. The van der Waals surface area contributed by atoms with E-state index in [2.05, 4.69) is 15.4 Å². The van der Waals surface area contributed by atoms with Crippen molar-refractivity contribution in [3.05, 3.63) is 40.5 Å². The Morgan fingerprint density at radius 3 is 2.69 bits per heavy atom. The van der Waals surface area contributed by atoms with Gasteiger partial charge in [0.2, 0.25) is 0 Å². The van der Waals surface area contributed by atoms with E-state index in [9.17, 15) is 9.59 Å². The van der Waals surface area contributed by atoms with Crippen LogP contribution in [0.15, 0.2) is 12.1 Å². The fourth-order valence-electron chi connectivity index (χ4n) is 3.14. The van der Waals surface area contributed by atoms with E-state index in [0.29, 0.717) is 37.6 Å². The third-order valence-electron chi connectivity index (χ3n) is 4.53. The molecule has 0 aliphatic carbocycles. The molecular weight excluding hydrogens is 332 g/mol. The number of likely N-dealkylation sites (N-methyl/N-ethyl adjacent to an activating group) is 1. The maximum absolute atomic E-state index is 12.8. The van der Waals surface area contributed by atoms with Crippen molar-refractivity contribution < 1.29 is 9.59 Å². The number of nitrogens with zero attached hydrogens (tertiary/aromatic N) is 4. The van der Waals surface area contributed by atoms with Gasteiger partial charge in [0.25, 0.3) is 11.8 Å². The summed E-state index contributed by atoms with van der Waals surface area (Å²) in [4.78, 5) is 31.9. The number of carbonyl (C=O) groups is 2. The van der Waals surface area contributed by atoms with E-state index in [1.165, 1.54) is 0 Å². The number of aromatic amines is 1. The minimum atomic E-state index is -0.178. The summed E-state index contributed by atoms with van der Waals surface area (Å²) in [6, 6.07) is 3.74. The van der Waals surface area contributed by atoms with Gasteiger partial charge >= 0.3 is 0 Å². The van der Waals surface area contributed by atoms with E-state index < -0.39 is 0 Å². The number of H-pyrrole nitrogens is 1. The highest BCUT2D eigenvalue weighted by Crippen LogP contribution is 2.18. The molecular formula is C18H26N6O2. The van der Waals surface area contributed by atoms with Gasteiger partial charge in [-0.25, -0.2) is 0 Å². The first kappa shape index (κ1) is 18.2. The molecule has 0 aromatic carbocycles. The number of carbonyl (C=O) groups excluding carboxylic acids is 2. The molecule has 8 heteroatoms. The Bertz CT molecular complexity index is 820. The summed E-state index contributed by atoms with van der Waals surface area (Å²) in [7, 11) is 3.92. The predicted octanol–water partition coefficient (Wildman–Crippen LogP) is 0.775. The van der Waals surface area contributed by atoms with Gasteiger partial charge in [0.05, 0.1) is 18.8 Å². The molecule has 8 nitrogen and oxygen atoms in total. The van der Waals surface area contributed by atoms with Gasteiger partial charge in [-0.2, -0.15) is 5.10 Å². The third kappa shape index (κ3) is 3.80. The van der Waals surface area contributed by atoms with E-state index in [1.807, 2.05) is 43.6 Å². The topological polar surface area (TPSA) is 86.3 Å². The smallest absolute Gasteiger partial charge is 0.271 e. The molecule has 2 amide bonds. The molecule has 3 rings (SSSR count). The van der Waals surface area contributed by atoms with E-state index in [4.69, 9.17) is 0 Å². The molecule has 140 valence electrons. The van der Waals surface area contributed by atoms with E-state index in [-0.39, 0.29) is 11.8 Å². The van der Waals surface area contributed by atoms with E-state index >= 15 is 0 Å². The Balaban J connectivity index is 1.67. The van der Waals surface area contributed by atoms with Crippen LogP contribution < -0.4 is 5.32 Å². The molecule has 1 aliphatic heterocycles. The highest BCUT2D eigenvalue weighted by Gasteiger charge is 2.26. The largest absolute Gasteiger partial charge is 0.354 e. The third-order valence-corrected chi connectivity index (χ3v) is 4.53. The molecule has 0 fully saturated rings. The molecule has 0 unspecified atom stereocenters. The van der Waals surface area contributed by atoms with Crippen molar-refractivity contribution in [1.29, 1.82) is 0 Å². The minimum Gasteiger partial charge on any atom is -0.354 e. The van der Waals surface area contributed by atoms with Crippen molar-refractivity contribution >= 4 is 11.8 Å². The minimum absolute atomic E-state index is 0.0139. The number of nitrogens with one attached hydrogen (secondary N) is 2. The van der Waals surface area contributed by atoms with Gasteiger partial charge in [0, 0.05) is 25.3 Å². The Hall–Kier alpha value is -2.61. The van der Waals surface area contributed by atoms with Crippen LogP contribution in [0.25, 0.3) is 0 Å². The van der Waals surface area contributed by atoms with Gasteiger partial charge in [-0.15, -0.1) is 0 Å². The molecule has 3 heterocycles. The van der Waals surface area contributed by atoms with Crippen LogP contribution in [0.3, 0.4) is 0 Å². The van der Waals surface area contributed by atoms with Gasteiger partial charge < -0.3 is 20.1 Å². The zero-order chi connectivity index (χ0) is 18.8. The first-order chi connectivity index (χ1) is 12.3. The maximum Gasteiger partial charge on any atom is 0.271 e. The summed E-state index contributed by atoms with van der Waals surface area (Å²) in [6.07, 6.45) is 0. The number of hydrogen-bond donors (Lipinski definition) is 2. The summed E-state index contributed by atoms with van der Waals surface area (Å²) in [5.74, 6) is -0.192. The first-order valence-corrected chi connectivity index (χ1v) is 8.80. The molecule has 2 N–H and O–H groups in total. The van der Waals surface area contributed by atoms with E-state index in [1.54, 1.807) is 11.0 Å². The Morgan fingerprint density at radius 2 is 2.04 bits per heavy atom. The molecule has 2 aromatic heterocycles. The molecule has 1 aliphatic rings. The van der Waals surface area contributed by atoms with Gasteiger partial charge in [0.15, 0.2) is 5.69 Å². The zero-order valence-corrected chi connectivity index (χ0v) is 15.8.